The third kappa shape index (κ3) is 6.29. The summed E-state index contributed by atoms with van der Waals surface area (Å²) in [4.78, 5) is 4.69. The number of rotatable bonds is 8. The Kier molecular flexibility index (Phi) is 10.1. The predicted molar refractivity (Wildman–Crippen MR) is 122 cm³/mol. The summed E-state index contributed by atoms with van der Waals surface area (Å²) in [5.41, 5.74) is 3.06. The van der Waals surface area contributed by atoms with Crippen molar-refractivity contribution in [1.82, 2.24) is 15.8 Å². The van der Waals surface area contributed by atoms with Crippen LogP contribution in [0.2, 0.25) is 0 Å². The molecule has 0 aliphatic heterocycles. The molecule has 1 unspecified atom stereocenters. The summed E-state index contributed by atoms with van der Waals surface area (Å²) < 4.78 is 16.0. The number of methoxy groups -OCH3 is 2. The van der Waals surface area contributed by atoms with Gasteiger partial charge in [-0.05, 0) is 52.3 Å². The number of halogens is 1. The molecular formula is C20H31IN4O3. The molecule has 0 fully saturated rings. The zero-order valence-corrected chi connectivity index (χ0v) is 19.8. The number of aromatic nitrogens is 1. The van der Waals surface area contributed by atoms with Gasteiger partial charge in [-0.15, -0.1) is 24.0 Å². The van der Waals surface area contributed by atoms with Gasteiger partial charge >= 0.3 is 0 Å². The molecule has 1 heterocycles. The summed E-state index contributed by atoms with van der Waals surface area (Å²) in [6.07, 6.45) is 0.786. The fourth-order valence-corrected chi connectivity index (χ4v) is 2.92. The van der Waals surface area contributed by atoms with E-state index in [0.29, 0.717) is 6.54 Å². The Labute approximate surface area is 184 Å². The fraction of sp³-hybridized carbons (Fsp3) is 0.500. The van der Waals surface area contributed by atoms with Crippen molar-refractivity contribution in [2.24, 2.45) is 4.99 Å². The summed E-state index contributed by atoms with van der Waals surface area (Å²) in [7, 11) is 3.32. The number of hydrogen-bond acceptors (Lipinski definition) is 5. The SMILES string of the molecule is CCNC(=NCCc1c(C)noc1C)NC(C)c1cc(OC)ccc1OC.I. The van der Waals surface area contributed by atoms with E-state index in [1.54, 1.807) is 14.2 Å². The maximum absolute atomic E-state index is 5.49. The molecule has 2 rings (SSSR count). The Morgan fingerprint density at radius 2 is 2.00 bits per heavy atom. The van der Waals surface area contributed by atoms with Gasteiger partial charge in [0.2, 0.25) is 0 Å². The van der Waals surface area contributed by atoms with Crippen molar-refractivity contribution >= 4 is 29.9 Å². The monoisotopic (exact) mass is 502 g/mol. The number of nitrogens with zero attached hydrogens (tertiary/aromatic N) is 2. The second kappa shape index (κ2) is 11.8. The quantitative estimate of drug-likeness (QED) is 0.325. The van der Waals surface area contributed by atoms with Crippen molar-refractivity contribution in [2.75, 3.05) is 27.3 Å². The minimum absolute atomic E-state index is 0. The number of benzene rings is 1. The highest BCUT2D eigenvalue weighted by Gasteiger charge is 2.14. The molecule has 1 atom stereocenters. The van der Waals surface area contributed by atoms with Crippen molar-refractivity contribution in [3.8, 4) is 11.5 Å². The summed E-state index contributed by atoms with van der Waals surface area (Å²) in [5.74, 6) is 3.21. The third-order valence-electron chi connectivity index (χ3n) is 4.41. The first-order valence-corrected chi connectivity index (χ1v) is 9.18. The van der Waals surface area contributed by atoms with E-state index in [1.807, 2.05) is 39.0 Å². The Bertz CT molecular complexity index is 757. The van der Waals surface area contributed by atoms with Crippen LogP contribution in [0.5, 0.6) is 11.5 Å². The minimum Gasteiger partial charge on any atom is -0.497 e. The number of nitrogens with one attached hydrogen (secondary N) is 2. The first-order valence-electron chi connectivity index (χ1n) is 9.18. The van der Waals surface area contributed by atoms with Gasteiger partial charge < -0.3 is 24.6 Å². The van der Waals surface area contributed by atoms with Crippen LogP contribution < -0.4 is 20.1 Å². The molecule has 8 heteroatoms. The first-order chi connectivity index (χ1) is 13.0. The largest absolute Gasteiger partial charge is 0.497 e. The highest BCUT2D eigenvalue weighted by molar-refractivity contribution is 14.0. The van der Waals surface area contributed by atoms with Crippen LogP contribution in [0.15, 0.2) is 27.7 Å². The normalized spacial score (nSPS) is 12.1. The standard InChI is InChI=1S/C20H30N4O3.HI/c1-7-21-20(22-11-10-17-14(3)24-27-15(17)4)23-13(2)18-12-16(25-5)8-9-19(18)26-6;/h8-9,12-13H,7,10-11H2,1-6H3,(H2,21,22,23);1H. The summed E-state index contributed by atoms with van der Waals surface area (Å²) in [6, 6.07) is 5.77. The van der Waals surface area contributed by atoms with E-state index in [4.69, 9.17) is 14.0 Å². The lowest BCUT2D eigenvalue weighted by Crippen LogP contribution is -2.39. The molecule has 0 saturated carbocycles. The molecule has 1 aromatic heterocycles. The van der Waals surface area contributed by atoms with E-state index in [-0.39, 0.29) is 30.0 Å². The van der Waals surface area contributed by atoms with Crippen LogP contribution >= 0.6 is 24.0 Å². The Balaban J connectivity index is 0.00000392. The average molecular weight is 502 g/mol. The van der Waals surface area contributed by atoms with Crippen LogP contribution in [0, 0.1) is 13.8 Å². The fourth-order valence-electron chi connectivity index (χ4n) is 2.92. The van der Waals surface area contributed by atoms with Crippen LogP contribution in [-0.2, 0) is 6.42 Å². The Hall–Kier alpha value is -1.97. The molecule has 1 aromatic carbocycles. The lowest BCUT2D eigenvalue weighted by atomic mass is 10.1. The van der Waals surface area contributed by atoms with Crippen molar-refractivity contribution in [2.45, 2.75) is 40.2 Å². The van der Waals surface area contributed by atoms with Crippen LogP contribution in [0.25, 0.3) is 0 Å². The third-order valence-corrected chi connectivity index (χ3v) is 4.41. The molecule has 0 radical (unpaired) electrons. The predicted octanol–water partition coefficient (Wildman–Crippen LogP) is 3.79. The maximum atomic E-state index is 5.49. The summed E-state index contributed by atoms with van der Waals surface area (Å²) in [6.45, 7) is 9.41. The zero-order valence-electron chi connectivity index (χ0n) is 17.5. The van der Waals surface area contributed by atoms with Crippen LogP contribution in [-0.4, -0.2) is 38.4 Å². The Morgan fingerprint density at radius 3 is 2.57 bits per heavy atom. The molecule has 0 amide bonds. The molecule has 2 N–H and O–H groups in total. The maximum Gasteiger partial charge on any atom is 0.191 e. The van der Waals surface area contributed by atoms with Crippen LogP contribution in [0.1, 0.15) is 42.5 Å². The molecule has 156 valence electrons. The van der Waals surface area contributed by atoms with Gasteiger partial charge in [-0.3, -0.25) is 4.99 Å². The van der Waals surface area contributed by atoms with Crippen LogP contribution in [0.4, 0.5) is 0 Å². The van der Waals surface area contributed by atoms with E-state index in [2.05, 4.69) is 27.7 Å². The number of guanidine groups is 1. The Morgan fingerprint density at radius 1 is 1.25 bits per heavy atom. The van der Waals surface area contributed by atoms with Gasteiger partial charge in [-0.2, -0.15) is 0 Å². The van der Waals surface area contributed by atoms with E-state index >= 15 is 0 Å². The van der Waals surface area contributed by atoms with Crippen LogP contribution in [0.3, 0.4) is 0 Å². The molecule has 0 spiro atoms. The molecule has 0 aliphatic rings. The zero-order chi connectivity index (χ0) is 19.8. The second-order valence-electron chi connectivity index (χ2n) is 6.29. The van der Waals surface area contributed by atoms with Gasteiger partial charge in [0.25, 0.3) is 0 Å². The lowest BCUT2D eigenvalue weighted by molar-refractivity contribution is 0.392. The van der Waals surface area contributed by atoms with E-state index in [0.717, 1.165) is 53.0 Å². The smallest absolute Gasteiger partial charge is 0.191 e. The van der Waals surface area contributed by atoms with E-state index in [9.17, 15) is 0 Å². The van der Waals surface area contributed by atoms with E-state index < -0.39 is 0 Å². The molecule has 0 aliphatic carbocycles. The average Bonchev–Trinajstić information content (AvgIpc) is 2.99. The highest BCUT2D eigenvalue weighted by Crippen LogP contribution is 2.29. The van der Waals surface area contributed by atoms with Gasteiger partial charge in [0.05, 0.1) is 26.0 Å². The van der Waals surface area contributed by atoms with Crippen molar-refractivity contribution in [1.29, 1.82) is 0 Å². The minimum atomic E-state index is -0.00749. The van der Waals surface area contributed by atoms with Gasteiger partial charge in [0.15, 0.2) is 5.96 Å². The number of ether oxygens (including phenoxy) is 2. The van der Waals surface area contributed by atoms with Gasteiger partial charge in [0, 0.05) is 24.2 Å². The first kappa shape index (κ1) is 24.1. The van der Waals surface area contributed by atoms with Crippen molar-refractivity contribution in [3.63, 3.8) is 0 Å². The van der Waals surface area contributed by atoms with Gasteiger partial charge in [-0.25, -0.2) is 0 Å². The molecule has 28 heavy (non-hydrogen) atoms. The number of hydrogen-bond donors (Lipinski definition) is 2. The van der Waals surface area contributed by atoms with E-state index in [1.165, 1.54) is 0 Å². The lowest BCUT2D eigenvalue weighted by Gasteiger charge is -2.20. The molecule has 0 saturated heterocycles. The topological polar surface area (TPSA) is 80.9 Å². The number of aliphatic imine (C=N–C) groups is 1. The van der Waals surface area contributed by atoms with Crippen molar-refractivity contribution < 1.29 is 14.0 Å². The van der Waals surface area contributed by atoms with Gasteiger partial charge in [0.1, 0.15) is 17.3 Å². The van der Waals surface area contributed by atoms with Crippen molar-refractivity contribution in [3.05, 3.63) is 40.8 Å². The highest BCUT2D eigenvalue weighted by atomic mass is 127. The number of aryl methyl sites for hydroxylation is 2. The molecular weight excluding hydrogens is 471 g/mol. The summed E-state index contributed by atoms with van der Waals surface area (Å²) in [5, 5.41) is 10.7. The molecule has 2 aromatic rings. The summed E-state index contributed by atoms with van der Waals surface area (Å²) >= 11 is 0. The van der Waals surface area contributed by atoms with Gasteiger partial charge in [-0.1, -0.05) is 5.16 Å². The molecule has 0 bridgehead atoms. The molecule has 7 nitrogen and oxygen atoms in total. The second-order valence-corrected chi connectivity index (χ2v) is 6.29.